The zero-order chi connectivity index (χ0) is 11.9. The summed E-state index contributed by atoms with van der Waals surface area (Å²) in [5, 5.41) is 0. The molecule has 0 radical (unpaired) electrons. The molecule has 3 nitrogen and oxygen atoms in total. The monoisotopic (exact) mass is 218 g/mol. The number of allylic oxidation sites excluding steroid dienone is 3. The summed E-state index contributed by atoms with van der Waals surface area (Å²) < 4.78 is 0. The molecule has 2 N–H and O–H groups in total. The lowest BCUT2D eigenvalue weighted by Crippen LogP contribution is -2.33. The number of rotatable bonds is 1. The van der Waals surface area contributed by atoms with Gasteiger partial charge in [0.15, 0.2) is 0 Å². The lowest BCUT2D eigenvalue weighted by molar-refractivity contribution is -0.133. The van der Waals surface area contributed by atoms with E-state index in [2.05, 4.69) is 0 Å². The second-order valence-corrected chi connectivity index (χ2v) is 4.78. The molecule has 0 aromatic carbocycles. The van der Waals surface area contributed by atoms with E-state index in [9.17, 15) is 4.79 Å². The van der Waals surface area contributed by atoms with Gasteiger partial charge < -0.3 is 10.6 Å². The third kappa shape index (κ3) is 1.39. The van der Waals surface area contributed by atoms with Crippen LogP contribution in [0.25, 0.3) is 0 Å². The fourth-order valence-electron chi connectivity index (χ4n) is 2.39. The van der Waals surface area contributed by atoms with Crippen LogP contribution in [0.2, 0.25) is 0 Å². The van der Waals surface area contributed by atoms with Crippen LogP contribution < -0.4 is 5.73 Å². The normalized spacial score (nSPS) is 23.3. The van der Waals surface area contributed by atoms with Crippen LogP contribution in [-0.4, -0.2) is 17.4 Å². The number of hydrogen-bond donors (Lipinski definition) is 1. The third-order valence-electron chi connectivity index (χ3n) is 3.43. The minimum Gasteiger partial charge on any atom is -0.399 e. The fraction of sp³-hybridized carbons (Fsp3) is 0.462. The number of nitrogens with two attached hydrogens (primary N) is 1. The molecule has 1 aliphatic heterocycles. The second kappa shape index (κ2) is 3.51. The number of carbonyl (C=O) groups is 1. The van der Waals surface area contributed by atoms with Gasteiger partial charge >= 0.3 is 0 Å². The van der Waals surface area contributed by atoms with Crippen LogP contribution in [0, 0.1) is 5.41 Å². The van der Waals surface area contributed by atoms with E-state index in [0.717, 1.165) is 17.8 Å². The Kier molecular flexibility index (Phi) is 2.41. The van der Waals surface area contributed by atoms with Crippen molar-refractivity contribution in [1.29, 1.82) is 0 Å². The molecule has 3 heteroatoms. The number of likely N-dealkylation sites (N-methyl/N-ethyl adjacent to an activating group) is 1. The first-order chi connectivity index (χ1) is 7.48. The van der Waals surface area contributed by atoms with E-state index in [1.165, 1.54) is 5.57 Å². The minimum absolute atomic E-state index is 0.193. The fourth-order valence-corrected chi connectivity index (χ4v) is 2.39. The highest BCUT2D eigenvalue weighted by Gasteiger charge is 2.43. The van der Waals surface area contributed by atoms with Crippen LogP contribution in [0.3, 0.4) is 0 Å². The Morgan fingerprint density at radius 2 is 2.12 bits per heavy atom. The summed E-state index contributed by atoms with van der Waals surface area (Å²) in [6, 6.07) is 0. The predicted molar refractivity (Wildman–Crippen MR) is 64.2 cm³/mol. The van der Waals surface area contributed by atoms with Gasteiger partial charge in [-0.15, -0.1) is 0 Å². The van der Waals surface area contributed by atoms with Crippen molar-refractivity contribution in [3.63, 3.8) is 0 Å². The number of nitrogens with zero attached hydrogens (tertiary/aromatic N) is 1. The molecule has 0 saturated heterocycles. The maximum atomic E-state index is 12.2. The lowest BCUT2D eigenvalue weighted by atomic mass is 9.83. The van der Waals surface area contributed by atoms with Gasteiger partial charge in [0, 0.05) is 17.9 Å². The molecule has 16 heavy (non-hydrogen) atoms. The Morgan fingerprint density at radius 1 is 1.44 bits per heavy atom. The first-order valence-electron chi connectivity index (χ1n) is 5.67. The Balaban J connectivity index is 2.50. The van der Waals surface area contributed by atoms with Gasteiger partial charge in [-0.1, -0.05) is 6.08 Å². The van der Waals surface area contributed by atoms with E-state index in [4.69, 9.17) is 5.73 Å². The van der Waals surface area contributed by atoms with Crippen molar-refractivity contribution in [1.82, 2.24) is 4.90 Å². The van der Waals surface area contributed by atoms with Gasteiger partial charge in [-0.05, 0) is 44.9 Å². The molecular weight excluding hydrogens is 200 g/mol. The highest BCUT2D eigenvalue weighted by molar-refractivity contribution is 5.91. The highest BCUT2D eigenvalue weighted by atomic mass is 16.2. The molecule has 0 bridgehead atoms. The van der Waals surface area contributed by atoms with E-state index >= 15 is 0 Å². The zero-order valence-electron chi connectivity index (χ0n) is 10.1. The van der Waals surface area contributed by atoms with Crippen molar-refractivity contribution in [2.24, 2.45) is 11.1 Å². The Hall–Kier alpha value is -1.51. The molecule has 0 fully saturated rings. The highest BCUT2D eigenvalue weighted by Crippen LogP contribution is 2.42. The van der Waals surface area contributed by atoms with Crippen molar-refractivity contribution in [3.8, 4) is 0 Å². The predicted octanol–water partition coefficient (Wildman–Crippen LogP) is 1.93. The maximum Gasteiger partial charge on any atom is 0.236 e. The van der Waals surface area contributed by atoms with Crippen molar-refractivity contribution < 1.29 is 4.79 Å². The van der Waals surface area contributed by atoms with Crippen LogP contribution in [0.5, 0.6) is 0 Å². The van der Waals surface area contributed by atoms with Gasteiger partial charge in [0.2, 0.25) is 5.91 Å². The average molecular weight is 218 g/mol. The standard InChI is InChI=1S/C13H18N2O/c1-4-15-11-8-6-9(14)5-7-10(11)13(2,3)12(15)16/h5-6,8H,4,7,14H2,1-3H3. The van der Waals surface area contributed by atoms with Gasteiger partial charge in [-0.25, -0.2) is 0 Å². The van der Waals surface area contributed by atoms with Gasteiger partial charge in [-0.3, -0.25) is 4.79 Å². The number of carbonyl (C=O) groups excluding carboxylic acids is 1. The Bertz CT molecular complexity index is 427. The van der Waals surface area contributed by atoms with Crippen molar-refractivity contribution in [3.05, 3.63) is 35.2 Å². The summed E-state index contributed by atoms with van der Waals surface area (Å²) in [5.41, 5.74) is 8.39. The second-order valence-electron chi connectivity index (χ2n) is 4.78. The zero-order valence-corrected chi connectivity index (χ0v) is 10.1. The first kappa shape index (κ1) is 11.0. The Morgan fingerprint density at radius 3 is 2.75 bits per heavy atom. The van der Waals surface area contributed by atoms with Gasteiger partial charge in [0.1, 0.15) is 0 Å². The molecule has 1 amide bonds. The van der Waals surface area contributed by atoms with E-state index in [1.54, 1.807) is 0 Å². The lowest BCUT2D eigenvalue weighted by Gasteiger charge is -2.21. The van der Waals surface area contributed by atoms with E-state index in [1.807, 2.05) is 43.9 Å². The molecule has 0 spiro atoms. The molecule has 2 aliphatic rings. The SMILES string of the molecule is CCN1C(=O)C(C)(C)C2=C1C=CC(N)=CC2. The van der Waals surface area contributed by atoms with E-state index in [-0.39, 0.29) is 5.91 Å². The molecule has 0 aromatic rings. The third-order valence-corrected chi connectivity index (χ3v) is 3.43. The summed E-state index contributed by atoms with van der Waals surface area (Å²) in [4.78, 5) is 14.1. The van der Waals surface area contributed by atoms with Gasteiger partial charge in [0.05, 0.1) is 5.41 Å². The summed E-state index contributed by atoms with van der Waals surface area (Å²) in [6.45, 7) is 6.69. The molecule has 0 atom stereocenters. The topological polar surface area (TPSA) is 46.3 Å². The summed E-state index contributed by atoms with van der Waals surface area (Å²) in [7, 11) is 0. The van der Waals surface area contributed by atoms with Crippen LogP contribution in [0.15, 0.2) is 35.2 Å². The maximum absolute atomic E-state index is 12.2. The molecule has 0 unspecified atom stereocenters. The van der Waals surface area contributed by atoms with E-state index < -0.39 is 5.41 Å². The first-order valence-corrected chi connectivity index (χ1v) is 5.67. The van der Waals surface area contributed by atoms with Crippen LogP contribution >= 0.6 is 0 Å². The van der Waals surface area contributed by atoms with Crippen molar-refractivity contribution >= 4 is 5.91 Å². The molecule has 86 valence electrons. The van der Waals surface area contributed by atoms with Crippen LogP contribution in [-0.2, 0) is 4.79 Å². The molecule has 0 saturated carbocycles. The minimum atomic E-state index is -0.392. The average Bonchev–Trinajstić information content (AvgIpc) is 2.39. The summed E-state index contributed by atoms with van der Waals surface area (Å²) in [6.07, 6.45) is 6.58. The largest absolute Gasteiger partial charge is 0.399 e. The van der Waals surface area contributed by atoms with Crippen molar-refractivity contribution in [2.75, 3.05) is 6.54 Å². The molecule has 0 aromatic heterocycles. The van der Waals surface area contributed by atoms with Gasteiger partial charge in [-0.2, -0.15) is 0 Å². The van der Waals surface area contributed by atoms with Gasteiger partial charge in [0.25, 0.3) is 0 Å². The summed E-state index contributed by atoms with van der Waals surface area (Å²) >= 11 is 0. The van der Waals surface area contributed by atoms with E-state index in [0.29, 0.717) is 6.54 Å². The van der Waals surface area contributed by atoms with Crippen LogP contribution in [0.4, 0.5) is 0 Å². The van der Waals surface area contributed by atoms with Crippen LogP contribution in [0.1, 0.15) is 27.2 Å². The Labute approximate surface area is 96.3 Å². The molecule has 2 rings (SSSR count). The smallest absolute Gasteiger partial charge is 0.236 e. The molecular formula is C13H18N2O. The molecule has 1 aliphatic carbocycles. The quantitative estimate of drug-likeness (QED) is 0.731. The summed E-state index contributed by atoms with van der Waals surface area (Å²) in [5.74, 6) is 0.193. The number of hydrogen-bond acceptors (Lipinski definition) is 2. The number of amides is 1. The van der Waals surface area contributed by atoms with Crippen molar-refractivity contribution in [2.45, 2.75) is 27.2 Å². The molecule has 1 heterocycles.